The predicted octanol–water partition coefficient (Wildman–Crippen LogP) is 1.52. The summed E-state index contributed by atoms with van der Waals surface area (Å²) in [6, 6.07) is 0.500. The van der Waals surface area contributed by atoms with Gasteiger partial charge in [-0.1, -0.05) is 12.8 Å². The second-order valence-electron chi connectivity index (χ2n) is 4.96. The highest BCUT2D eigenvalue weighted by molar-refractivity contribution is 5.77. The zero-order chi connectivity index (χ0) is 10.7. The minimum Gasteiger partial charge on any atom is -0.338 e. The molecule has 3 heteroatoms. The van der Waals surface area contributed by atoms with Gasteiger partial charge in [-0.15, -0.1) is 0 Å². The van der Waals surface area contributed by atoms with Gasteiger partial charge in [-0.2, -0.15) is 0 Å². The lowest BCUT2D eigenvalue weighted by molar-refractivity contribution is -0.133. The van der Waals surface area contributed by atoms with Gasteiger partial charge in [-0.25, -0.2) is 0 Å². The Morgan fingerprint density at radius 3 is 2.40 bits per heavy atom. The van der Waals surface area contributed by atoms with Gasteiger partial charge in [-0.3, -0.25) is 4.79 Å². The lowest BCUT2D eigenvalue weighted by Gasteiger charge is -2.28. The quantitative estimate of drug-likeness (QED) is 0.747. The van der Waals surface area contributed by atoms with E-state index >= 15 is 0 Å². The van der Waals surface area contributed by atoms with Crippen LogP contribution in [-0.2, 0) is 4.79 Å². The summed E-state index contributed by atoms with van der Waals surface area (Å²) in [5.41, 5.74) is 5.59. The molecule has 0 unspecified atom stereocenters. The molecule has 0 aromatic carbocycles. The maximum atomic E-state index is 12.0. The molecule has 0 atom stereocenters. The fraction of sp³-hybridized carbons (Fsp3) is 0.917. The first-order valence-electron chi connectivity index (χ1n) is 6.31. The Bertz CT molecular complexity index is 220. The van der Waals surface area contributed by atoms with Crippen LogP contribution >= 0.6 is 0 Å². The van der Waals surface area contributed by atoms with Crippen molar-refractivity contribution in [1.29, 1.82) is 0 Å². The number of nitrogens with zero attached hydrogens (tertiary/aromatic N) is 1. The van der Waals surface area contributed by atoms with Gasteiger partial charge in [0.15, 0.2) is 0 Å². The van der Waals surface area contributed by atoms with Crippen LogP contribution in [0.5, 0.6) is 0 Å². The van der Waals surface area contributed by atoms with Crippen LogP contribution in [0.2, 0.25) is 0 Å². The SMILES string of the molecule is NCCN(C(=O)CC1CC1)C1CCCC1. The van der Waals surface area contributed by atoms with E-state index in [0.717, 1.165) is 13.0 Å². The molecule has 2 aliphatic carbocycles. The predicted molar refractivity (Wildman–Crippen MR) is 60.4 cm³/mol. The molecule has 0 spiro atoms. The number of rotatable bonds is 5. The maximum absolute atomic E-state index is 12.0. The van der Waals surface area contributed by atoms with Gasteiger partial charge in [0.05, 0.1) is 0 Å². The van der Waals surface area contributed by atoms with Crippen LogP contribution in [0.15, 0.2) is 0 Å². The van der Waals surface area contributed by atoms with Gasteiger partial charge in [0, 0.05) is 25.6 Å². The standard InChI is InChI=1S/C12H22N2O/c13-7-8-14(11-3-1-2-4-11)12(15)9-10-5-6-10/h10-11H,1-9,13H2. The molecule has 0 radical (unpaired) electrons. The van der Waals surface area contributed by atoms with E-state index in [1.54, 1.807) is 0 Å². The molecule has 1 amide bonds. The van der Waals surface area contributed by atoms with Gasteiger partial charge in [0.25, 0.3) is 0 Å². The summed E-state index contributed by atoms with van der Waals surface area (Å²) in [5, 5.41) is 0. The van der Waals surface area contributed by atoms with E-state index in [1.807, 2.05) is 0 Å². The van der Waals surface area contributed by atoms with Crippen molar-refractivity contribution in [2.75, 3.05) is 13.1 Å². The van der Waals surface area contributed by atoms with Crippen LogP contribution in [0.3, 0.4) is 0 Å². The van der Waals surface area contributed by atoms with Crippen LogP contribution < -0.4 is 5.73 Å². The van der Waals surface area contributed by atoms with Gasteiger partial charge in [-0.05, 0) is 31.6 Å². The molecule has 0 heterocycles. The molecule has 0 saturated heterocycles. The van der Waals surface area contributed by atoms with Crippen LogP contribution in [-0.4, -0.2) is 29.9 Å². The van der Waals surface area contributed by atoms with Crippen LogP contribution in [0.25, 0.3) is 0 Å². The van der Waals surface area contributed by atoms with Crippen molar-refractivity contribution in [3.63, 3.8) is 0 Å². The summed E-state index contributed by atoms with van der Waals surface area (Å²) in [5.74, 6) is 1.05. The molecule has 0 bridgehead atoms. The van der Waals surface area contributed by atoms with Crippen molar-refractivity contribution in [3.05, 3.63) is 0 Å². The van der Waals surface area contributed by atoms with Gasteiger partial charge >= 0.3 is 0 Å². The fourth-order valence-corrected chi connectivity index (χ4v) is 2.55. The van der Waals surface area contributed by atoms with Crippen molar-refractivity contribution in [1.82, 2.24) is 4.90 Å². The number of carbonyl (C=O) groups is 1. The minimum absolute atomic E-state index is 0.356. The summed E-state index contributed by atoms with van der Waals surface area (Å²) in [7, 11) is 0. The molecule has 0 aliphatic heterocycles. The topological polar surface area (TPSA) is 46.3 Å². The molecule has 15 heavy (non-hydrogen) atoms. The summed E-state index contributed by atoms with van der Waals surface area (Å²) < 4.78 is 0. The zero-order valence-electron chi connectivity index (χ0n) is 9.45. The zero-order valence-corrected chi connectivity index (χ0v) is 9.45. The number of hydrogen-bond donors (Lipinski definition) is 1. The Hall–Kier alpha value is -0.570. The highest BCUT2D eigenvalue weighted by Gasteiger charge is 2.30. The summed E-state index contributed by atoms with van der Waals surface area (Å²) in [6.07, 6.45) is 8.23. The van der Waals surface area contributed by atoms with E-state index in [1.165, 1.54) is 38.5 Å². The second kappa shape index (κ2) is 4.97. The van der Waals surface area contributed by atoms with Gasteiger partial charge in [0.2, 0.25) is 5.91 Å². The van der Waals surface area contributed by atoms with Crippen molar-refractivity contribution in [2.24, 2.45) is 11.7 Å². The third kappa shape index (κ3) is 2.94. The van der Waals surface area contributed by atoms with Crippen LogP contribution in [0.1, 0.15) is 44.9 Å². The lowest BCUT2D eigenvalue weighted by Crippen LogP contribution is -2.42. The van der Waals surface area contributed by atoms with Crippen molar-refractivity contribution >= 4 is 5.91 Å². The van der Waals surface area contributed by atoms with Gasteiger partial charge in [0.1, 0.15) is 0 Å². The van der Waals surface area contributed by atoms with E-state index in [2.05, 4.69) is 4.90 Å². The molecular formula is C12H22N2O. The number of hydrogen-bond acceptors (Lipinski definition) is 2. The molecular weight excluding hydrogens is 188 g/mol. The van der Waals surface area contributed by atoms with E-state index in [0.29, 0.717) is 24.4 Å². The van der Waals surface area contributed by atoms with E-state index < -0.39 is 0 Å². The Kier molecular flexibility index (Phi) is 3.62. The fourth-order valence-electron chi connectivity index (χ4n) is 2.55. The lowest BCUT2D eigenvalue weighted by atomic mass is 10.1. The van der Waals surface area contributed by atoms with Crippen molar-refractivity contribution in [2.45, 2.75) is 51.0 Å². The van der Waals surface area contributed by atoms with E-state index in [4.69, 9.17) is 5.73 Å². The molecule has 2 aliphatic rings. The van der Waals surface area contributed by atoms with Crippen molar-refractivity contribution in [3.8, 4) is 0 Å². The summed E-state index contributed by atoms with van der Waals surface area (Å²) in [4.78, 5) is 14.1. The summed E-state index contributed by atoms with van der Waals surface area (Å²) >= 11 is 0. The number of amides is 1. The van der Waals surface area contributed by atoms with Crippen LogP contribution in [0, 0.1) is 5.92 Å². The first-order chi connectivity index (χ1) is 7.31. The Labute approximate surface area is 92.0 Å². The highest BCUT2D eigenvalue weighted by atomic mass is 16.2. The first kappa shape index (κ1) is 10.9. The molecule has 86 valence electrons. The monoisotopic (exact) mass is 210 g/mol. The molecule has 0 aromatic rings. The van der Waals surface area contributed by atoms with Crippen LogP contribution in [0.4, 0.5) is 0 Å². The number of carbonyl (C=O) groups excluding carboxylic acids is 1. The normalized spacial score (nSPS) is 21.9. The Balaban J connectivity index is 1.87. The van der Waals surface area contributed by atoms with Crippen molar-refractivity contribution < 1.29 is 4.79 Å². The second-order valence-corrected chi connectivity index (χ2v) is 4.96. The van der Waals surface area contributed by atoms with E-state index in [-0.39, 0.29) is 0 Å². The molecule has 3 nitrogen and oxygen atoms in total. The molecule has 0 aromatic heterocycles. The Morgan fingerprint density at radius 2 is 1.87 bits per heavy atom. The Morgan fingerprint density at radius 1 is 1.20 bits per heavy atom. The molecule has 2 fully saturated rings. The first-order valence-corrected chi connectivity index (χ1v) is 6.31. The molecule has 2 saturated carbocycles. The number of nitrogens with two attached hydrogens (primary N) is 1. The summed E-state index contributed by atoms with van der Waals surface area (Å²) in [6.45, 7) is 1.36. The average Bonchev–Trinajstić information content (AvgIpc) is 2.87. The van der Waals surface area contributed by atoms with Gasteiger partial charge < -0.3 is 10.6 Å². The third-order valence-electron chi connectivity index (χ3n) is 3.62. The largest absolute Gasteiger partial charge is 0.338 e. The molecule has 2 rings (SSSR count). The molecule has 2 N–H and O–H groups in total. The third-order valence-corrected chi connectivity index (χ3v) is 3.62. The van der Waals surface area contributed by atoms with E-state index in [9.17, 15) is 4.79 Å². The average molecular weight is 210 g/mol. The maximum Gasteiger partial charge on any atom is 0.223 e. The highest BCUT2D eigenvalue weighted by Crippen LogP contribution is 2.34. The smallest absolute Gasteiger partial charge is 0.223 e. The minimum atomic E-state index is 0.356.